The van der Waals surface area contributed by atoms with Crippen LogP contribution < -0.4 is 4.90 Å². The van der Waals surface area contributed by atoms with E-state index in [-0.39, 0.29) is 10.6 Å². The first-order valence-corrected chi connectivity index (χ1v) is 7.95. The lowest BCUT2D eigenvalue weighted by atomic mass is 9.97. The maximum absolute atomic E-state index is 11.3. The van der Waals surface area contributed by atoms with Crippen LogP contribution in [0, 0.1) is 16.0 Å². The number of fused-ring (bicyclic) bond motifs is 1. The minimum atomic E-state index is -0.336. The summed E-state index contributed by atoms with van der Waals surface area (Å²) in [5.41, 5.74) is 1.19. The van der Waals surface area contributed by atoms with Crippen molar-refractivity contribution in [3.05, 3.63) is 40.7 Å². The predicted octanol–water partition coefficient (Wildman–Crippen LogP) is 2.92. The van der Waals surface area contributed by atoms with E-state index in [0.29, 0.717) is 17.3 Å². The molecule has 0 amide bonds. The number of pyridine rings is 1. The fraction of sp³-hybridized carbons (Fsp3) is 0.471. The van der Waals surface area contributed by atoms with Gasteiger partial charge in [0.15, 0.2) is 0 Å². The molecule has 1 aliphatic heterocycles. The highest BCUT2D eigenvalue weighted by atomic mass is 16.6. The Morgan fingerprint density at radius 1 is 1.26 bits per heavy atom. The molecular weight excluding hydrogens is 292 g/mol. The molecule has 6 nitrogen and oxygen atoms in total. The standard InChI is InChI=1S/C17H22N4O2/c1-12(2)17-11-19(3)8-9-20(17)15-4-5-16(21(22)23)14-10-18-7-6-13(14)15/h4-7,10,12,17H,8-9,11H2,1-3H3. The fourth-order valence-electron chi connectivity index (χ4n) is 3.39. The summed E-state index contributed by atoms with van der Waals surface area (Å²) in [4.78, 5) is 19.8. The summed E-state index contributed by atoms with van der Waals surface area (Å²) in [7, 11) is 2.14. The number of likely N-dealkylation sites (N-methyl/N-ethyl adjacent to an activating group) is 1. The molecule has 0 radical (unpaired) electrons. The van der Waals surface area contributed by atoms with Crippen molar-refractivity contribution in [3.8, 4) is 0 Å². The first-order valence-electron chi connectivity index (χ1n) is 7.95. The number of nitro groups is 1. The third kappa shape index (κ3) is 2.86. The van der Waals surface area contributed by atoms with Crippen molar-refractivity contribution in [2.45, 2.75) is 19.9 Å². The molecule has 1 aromatic carbocycles. The summed E-state index contributed by atoms with van der Waals surface area (Å²) in [5.74, 6) is 0.504. The van der Waals surface area contributed by atoms with Crippen LogP contribution in [0.1, 0.15) is 13.8 Å². The predicted molar refractivity (Wildman–Crippen MR) is 91.9 cm³/mol. The normalized spacial score (nSPS) is 19.5. The Balaban J connectivity index is 2.12. The third-order valence-corrected chi connectivity index (χ3v) is 4.67. The number of piperazine rings is 1. The zero-order valence-electron chi connectivity index (χ0n) is 13.8. The Hall–Kier alpha value is -2.21. The number of hydrogen-bond donors (Lipinski definition) is 0. The molecule has 2 heterocycles. The number of benzene rings is 1. The zero-order valence-corrected chi connectivity index (χ0v) is 13.8. The molecule has 1 unspecified atom stereocenters. The number of hydrogen-bond acceptors (Lipinski definition) is 5. The summed E-state index contributed by atoms with van der Waals surface area (Å²) in [5, 5.41) is 12.8. The van der Waals surface area contributed by atoms with Gasteiger partial charge in [0, 0.05) is 55.2 Å². The molecular formula is C17H22N4O2. The molecule has 0 aliphatic carbocycles. The maximum Gasteiger partial charge on any atom is 0.278 e. The van der Waals surface area contributed by atoms with Crippen molar-refractivity contribution in [3.63, 3.8) is 0 Å². The second kappa shape index (κ2) is 6.12. The molecule has 1 saturated heterocycles. The summed E-state index contributed by atoms with van der Waals surface area (Å²) in [6, 6.07) is 5.77. The van der Waals surface area contributed by atoms with Crippen molar-refractivity contribution >= 4 is 22.1 Å². The second-order valence-corrected chi connectivity index (χ2v) is 6.55. The topological polar surface area (TPSA) is 62.5 Å². The Kier molecular flexibility index (Phi) is 4.17. The van der Waals surface area contributed by atoms with E-state index in [4.69, 9.17) is 0 Å². The SMILES string of the molecule is CC(C)C1CN(C)CCN1c1ccc([N+](=O)[O-])c2cnccc12. The van der Waals surface area contributed by atoms with Crippen LogP contribution in [-0.4, -0.2) is 47.5 Å². The number of nitrogens with zero attached hydrogens (tertiary/aromatic N) is 4. The average molecular weight is 314 g/mol. The number of anilines is 1. The van der Waals surface area contributed by atoms with Gasteiger partial charge in [0.1, 0.15) is 0 Å². The molecule has 1 aliphatic rings. The molecule has 1 aromatic heterocycles. The fourth-order valence-corrected chi connectivity index (χ4v) is 3.39. The highest BCUT2D eigenvalue weighted by Gasteiger charge is 2.29. The maximum atomic E-state index is 11.3. The summed E-state index contributed by atoms with van der Waals surface area (Å²) in [6.07, 6.45) is 3.30. The summed E-state index contributed by atoms with van der Waals surface area (Å²) in [6.45, 7) is 7.38. The van der Waals surface area contributed by atoms with Crippen LogP contribution in [0.2, 0.25) is 0 Å². The van der Waals surface area contributed by atoms with Crippen molar-refractivity contribution < 1.29 is 4.92 Å². The van der Waals surface area contributed by atoms with Crippen LogP contribution in [0.4, 0.5) is 11.4 Å². The highest BCUT2D eigenvalue weighted by Crippen LogP contribution is 2.35. The summed E-state index contributed by atoms with van der Waals surface area (Å²) < 4.78 is 0. The quantitative estimate of drug-likeness (QED) is 0.644. The number of rotatable bonds is 3. The lowest BCUT2D eigenvalue weighted by Gasteiger charge is -2.44. The first-order chi connectivity index (χ1) is 11.0. The molecule has 0 spiro atoms. The van der Waals surface area contributed by atoms with Crippen molar-refractivity contribution in [2.75, 3.05) is 31.6 Å². The van der Waals surface area contributed by atoms with Gasteiger partial charge in [-0.05, 0) is 25.1 Å². The zero-order chi connectivity index (χ0) is 16.6. The third-order valence-electron chi connectivity index (χ3n) is 4.67. The molecule has 1 fully saturated rings. The van der Waals surface area contributed by atoms with Gasteiger partial charge in [0.05, 0.1) is 10.3 Å². The lowest BCUT2D eigenvalue weighted by molar-refractivity contribution is -0.383. The van der Waals surface area contributed by atoms with Crippen LogP contribution >= 0.6 is 0 Å². The molecule has 0 saturated carbocycles. The second-order valence-electron chi connectivity index (χ2n) is 6.55. The average Bonchev–Trinajstić information content (AvgIpc) is 2.53. The largest absolute Gasteiger partial charge is 0.365 e. The van der Waals surface area contributed by atoms with Gasteiger partial charge >= 0.3 is 0 Å². The molecule has 0 bridgehead atoms. The van der Waals surface area contributed by atoms with Gasteiger partial charge in [-0.3, -0.25) is 15.1 Å². The van der Waals surface area contributed by atoms with Crippen LogP contribution in [0.25, 0.3) is 10.8 Å². The summed E-state index contributed by atoms with van der Waals surface area (Å²) >= 11 is 0. The minimum Gasteiger partial charge on any atom is -0.365 e. The van der Waals surface area contributed by atoms with Gasteiger partial charge in [-0.1, -0.05) is 13.8 Å². The minimum absolute atomic E-state index is 0.118. The van der Waals surface area contributed by atoms with Crippen molar-refractivity contribution in [1.82, 2.24) is 9.88 Å². The van der Waals surface area contributed by atoms with E-state index in [0.717, 1.165) is 30.7 Å². The lowest BCUT2D eigenvalue weighted by Crippen LogP contribution is -2.54. The molecule has 23 heavy (non-hydrogen) atoms. The smallest absolute Gasteiger partial charge is 0.278 e. The molecule has 6 heteroatoms. The van der Waals surface area contributed by atoms with Gasteiger partial charge in [-0.15, -0.1) is 0 Å². The molecule has 0 N–H and O–H groups in total. The number of nitro benzene ring substituents is 1. The molecule has 122 valence electrons. The Labute approximate surface area is 135 Å². The van der Waals surface area contributed by atoms with Gasteiger partial charge in [0.2, 0.25) is 0 Å². The number of aromatic nitrogens is 1. The van der Waals surface area contributed by atoms with Gasteiger partial charge in [-0.2, -0.15) is 0 Å². The van der Waals surface area contributed by atoms with E-state index in [9.17, 15) is 10.1 Å². The molecule has 2 aromatic rings. The van der Waals surface area contributed by atoms with Crippen LogP contribution in [0.3, 0.4) is 0 Å². The van der Waals surface area contributed by atoms with E-state index in [1.807, 2.05) is 12.1 Å². The van der Waals surface area contributed by atoms with Gasteiger partial charge in [0.25, 0.3) is 5.69 Å². The van der Waals surface area contributed by atoms with Crippen molar-refractivity contribution in [1.29, 1.82) is 0 Å². The van der Waals surface area contributed by atoms with Gasteiger partial charge < -0.3 is 9.80 Å². The van der Waals surface area contributed by atoms with E-state index >= 15 is 0 Å². The molecule has 3 rings (SSSR count). The van der Waals surface area contributed by atoms with E-state index in [2.05, 4.69) is 35.7 Å². The van der Waals surface area contributed by atoms with Gasteiger partial charge in [-0.25, -0.2) is 0 Å². The Morgan fingerprint density at radius 2 is 2.04 bits per heavy atom. The number of non-ortho nitro benzene ring substituents is 1. The van der Waals surface area contributed by atoms with Crippen molar-refractivity contribution in [2.24, 2.45) is 5.92 Å². The monoisotopic (exact) mass is 314 g/mol. The Bertz CT molecular complexity index is 732. The first kappa shape index (κ1) is 15.7. The molecule has 1 atom stereocenters. The van der Waals surface area contributed by atoms with E-state index in [1.165, 1.54) is 0 Å². The van der Waals surface area contributed by atoms with Crippen LogP contribution in [0.5, 0.6) is 0 Å². The Morgan fingerprint density at radius 3 is 2.74 bits per heavy atom. The van der Waals surface area contributed by atoms with E-state index in [1.54, 1.807) is 18.5 Å². The van der Waals surface area contributed by atoms with Crippen LogP contribution in [-0.2, 0) is 0 Å². The van der Waals surface area contributed by atoms with E-state index < -0.39 is 0 Å². The highest BCUT2D eigenvalue weighted by molar-refractivity contribution is 5.99. The van der Waals surface area contributed by atoms with Crippen LogP contribution in [0.15, 0.2) is 30.6 Å².